The highest BCUT2D eigenvalue weighted by molar-refractivity contribution is 7.11. The Balaban J connectivity index is 2.03. The third kappa shape index (κ3) is 2.39. The minimum absolute atomic E-state index is 0.529. The van der Waals surface area contributed by atoms with Crippen molar-refractivity contribution in [2.75, 3.05) is 0 Å². The van der Waals surface area contributed by atoms with Gasteiger partial charge in [0.1, 0.15) is 5.01 Å². The van der Waals surface area contributed by atoms with E-state index in [4.69, 9.17) is 5.73 Å². The predicted molar refractivity (Wildman–Crippen MR) is 81.5 cm³/mol. The number of aromatic nitrogens is 1. The summed E-state index contributed by atoms with van der Waals surface area (Å²) in [6, 6.07) is 15.0. The lowest BCUT2D eigenvalue weighted by Gasteiger charge is -2.05. The van der Waals surface area contributed by atoms with Gasteiger partial charge in [0.15, 0.2) is 0 Å². The molecule has 2 nitrogen and oxygen atoms in total. The van der Waals surface area contributed by atoms with Crippen molar-refractivity contribution in [1.29, 1.82) is 0 Å². The molecule has 3 heteroatoms. The fraction of sp³-hybridized carbons (Fsp3) is 0.188. The van der Waals surface area contributed by atoms with Crippen LogP contribution < -0.4 is 5.73 Å². The second-order valence-electron chi connectivity index (χ2n) is 4.64. The molecule has 1 aromatic heterocycles. The SMILES string of the molecule is Cc1nc(CN)sc1Cc1cccc2ccccc12. The Bertz CT molecular complexity index is 710. The molecule has 3 aromatic rings. The van der Waals surface area contributed by atoms with E-state index in [1.807, 2.05) is 0 Å². The number of nitrogens with two attached hydrogens (primary N) is 1. The van der Waals surface area contributed by atoms with Crippen molar-refractivity contribution in [3.63, 3.8) is 0 Å². The Kier molecular flexibility index (Phi) is 3.32. The molecule has 0 fully saturated rings. The molecule has 2 N–H and O–H groups in total. The molecule has 0 unspecified atom stereocenters. The van der Waals surface area contributed by atoms with Crippen LogP contribution in [-0.2, 0) is 13.0 Å². The summed E-state index contributed by atoms with van der Waals surface area (Å²) in [5, 5.41) is 3.64. The molecule has 96 valence electrons. The summed E-state index contributed by atoms with van der Waals surface area (Å²) in [5.74, 6) is 0. The van der Waals surface area contributed by atoms with Crippen LogP contribution in [0.2, 0.25) is 0 Å². The van der Waals surface area contributed by atoms with Gasteiger partial charge in [-0.2, -0.15) is 0 Å². The number of fused-ring (bicyclic) bond motifs is 1. The first-order valence-corrected chi connectivity index (χ1v) is 7.21. The van der Waals surface area contributed by atoms with E-state index in [0.29, 0.717) is 6.54 Å². The molecule has 0 saturated heterocycles. The molecule has 0 saturated carbocycles. The van der Waals surface area contributed by atoms with E-state index in [-0.39, 0.29) is 0 Å². The third-order valence-electron chi connectivity index (χ3n) is 3.34. The molecule has 3 rings (SSSR count). The van der Waals surface area contributed by atoms with Gasteiger partial charge in [0.25, 0.3) is 0 Å². The fourth-order valence-electron chi connectivity index (χ4n) is 2.36. The molecule has 0 amide bonds. The summed E-state index contributed by atoms with van der Waals surface area (Å²) < 4.78 is 0. The molecule has 19 heavy (non-hydrogen) atoms. The molecule has 0 spiro atoms. The first-order valence-electron chi connectivity index (χ1n) is 6.40. The van der Waals surface area contributed by atoms with E-state index in [9.17, 15) is 0 Å². The van der Waals surface area contributed by atoms with Gasteiger partial charge in [-0.15, -0.1) is 11.3 Å². The quantitative estimate of drug-likeness (QED) is 0.787. The van der Waals surface area contributed by atoms with Crippen LogP contribution in [0.5, 0.6) is 0 Å². The first kappa shape index (κ1) is 12.3. The highest BCUT2D eigenvalue weighted by atomic mass is 32.1. The molecule has 0 aliphatic carbocycles. The van der Waals surface area contributed by atoms with Crippen molar-refractivity contribution in [2.45, 2.75) is 19.9 Å². The summed E-state index contributed by atoms with van der Waals surface area (Å²) in [6.07, 6.45) is 0.935. The van der Waals surface area contributed by atoms with Crippen LogP contribution >= 0.6 is 11.3 Å². The zero-order chi connectivity index (χ0) is 13.2. The van der Waals surface area contributed by atoms with Gasteiger partial charge >= 0.3 is 0 Å². The van der Waals surface area contributed by atoms with Crippen LogP contribution in [0.25, 0.3) is 10.8 Å². The largest absolute Gasteiger partial charge is 0.325 e. The molecule has 2 aromatic carbocycles. The summed E-state index contributed by atoms with van der Waals surface area (Å²) >= 11 is 1.73. The molecule has 1 heterocycles. The Morgan fingerprint density at radius 3 is 2.68 bits per heavy atom. The highest BCUT2D eigenvalue weighted by Gasteiger charge is 2.09. The molecular formula is C16H16N2S. The lowest BCUT2D eigenvalue weighted by atomic mass is 10.0. The van der Waals surface area contributed by atoms with E-state index >= 15 is 0 Å². The van der Waals surface area contributed by atoms with Crippen LogP contribution in [0.15, 0.2) is 42.5 Å². The normalized spacial score (nSPS) is 11.1. The van der Waals surface area contributed by atoms with Crippen LogP contribution in [-0.4, -0.2) is 4.98 Å². The fourth-order valence-corrected chi connectivity index (χ4v) is 3.33. The summed E-state index contributed by atoms with van der Waals surface area (Å²) in [5.41, 5.74) is 8.13. The molecule has 0 atom stereocenters. The van der Waals surface area contributed by atoms with Crippen LogP contribution in [0.3, 0.4) is 0 Å². The van der Waals surface area contributed by atoms with Crippen molar-refractivity contribution < 1.29 is 0 Å². The number of nitrogens with zero attached hydrogens (tertiary/aromatic N) is 1. The number of benzene rings is 2. The van der Waals surface area contributed by atoms with Crippen molar-refractivity contribution in [3.05, 3.63) is 63.6 Å². The Hall–Kier alpha value is -1.71. The van der Waals surface area contributed by atoms with Gasteiger partial charge < -0.3 is 5.73 Å². The van der Waals surface area contributed by atoms with Gasteiger partial charge in [-0.1, -0.05) is 42.5 Å². The maximum atomic E-state index is 5.66. The second-order valence-corrected chi connectivity index (χ2v) is 5.80. The van der Waals surface area contributed by atoms with Gasteiger partial charge in [-0.05, 0) is 23.3 Å². The Morgan fingerprint density at radius 2 is 1.89 bits per heavy atom. The lowest BCUT2D eigenvalue weighted by molar-refractivity contribution is 1.01. The maximum Gasteiger partial charge on any atom is 0.107 e. The Labute approximate surface area is 116 Å². The van der Waals surface area contributed by atoms with Crippen LogP contribution in [0, 0.1) is 6.92 Å². The smallest absolute Gasteiger partial charge is 0.107 e. The topological polar surface area (TPSA) is 38.9 Å². The Morgan fingerprint density at radius 1 is 1.11 bits per heavy atom. The zero-order valence-electron chi connectivity index (χ0n) is 10.9. The van der Waals surface area contributed by atoms with Crippen molar-refractivity contribution in [2.24, 2.45) is 5.73 Å². The van der Waals surface area contributed by atoms with Crippen molar-refractivity contribution >= 4 is 22.1 Å². The highest BCUT2D eigenvalue weighted by Crippen LogP contribution is 2.25. The molecule has 0 radical (unpaired) electrons. The number of rotatable bonds is 3. The van der Waals surface area contributed by atoms with Crippen molar-refractivity contribution in [3.8, 4) is 0 Å². The van der Waals surface area contributed by atoms with Crippen LogP contribution in [0.1, 0.15) is 21.1 Å². The van der Waals surface area contributed by atoms with E-state index in [2.05, 4.69) is 54.4 Å². The number of hydrogen-bond acceptors (Lipinski definition) is 3. The average Bonchev–Trinajstić information content (AvgIpc) is 2.80. The van der Waals surface area contributed by atoms with E-state index < -0.39 is 0 Å². The number of hydrogen-bond donors (Lipinski definition) is 1. The first-order chi connectivity index (χ1) is 9.28. The van der Waals surface area contributed by atoms with E-state index in [1.165, 1.54) is 21.2 Å². The van der Waals surface area contributed by atoms with Gasteiger partial charge in [-0.3, -0.25) is 0 Å². The van der Waals surface area contributed by atoms with E-state index in [0.717, 1.165) is 17.1 Å². The molecule has 0 aliphatic heterocycles. The van der Waals surface area contributed by atoms with E-state index in [1.54, 1.807) is 11.3 Å². The minimum atomic E-state index is 0.529. The van der Waals surface area contributed by atoms with Gasteiger partial charge in [-0.25, -0.2) is 4.98 Å². The van der Waals surface area contributed by atoms with Gasteiger partial charge in [0, 0.05) is 17.8 Å². The summed E-state index contributed by atoms with van der Waals surface area (Å²) in [4.78, 5) is 5.82. The van der Waals surface area contributed by atoms with Crippen molar-refractivity contribution in [1.82, 2.24) is 4.98 Å². The zero-order valence-corrected chi connectivity index (χ0v) is 11.7. The number of aryl methyl sites for hydroxylation is 1. The third-order valence-corrected chi connectivity index (χ3v) is 4.52. The molecule has 0 bridgehead atoms. The summed E-state index contributed by atoms with van der Waals surface area (Å²) in [6.45, 7) is 2.59. The minimum Gasteiger partial charge on any atom is -0.325 e. The van der Waals surface area contributed by atoms with Gasteiger partial charge in [0.2, 0.25) is 0 Å². The molecular weight excluding hydrogens is 252 g/mol. The monoisotopic (exact) mass is 268 g/mol. The average molecular weight is 268 g/mol. The van der Waals surface area contributed by atoms with Crippen LogP contribution in [0.4, 0.5) is 0 Å². The number of thiazole rings is 1. The summed E-state index contributed by atoms with van der Waals surface area (Å²) in [7, 11) is 0. The molecule has 0 aliphatic rings. The standard InChI is InChI=1S/C16H16N2S/c1-11-15(19-16(10-17)18-11)9-13-7-4-6-12-5-2-3-8-14(12)13/h2-8H,9-10,17H2,1H3. The second kappa shape index (κ2) is 5.11. The van der Waals surface area contributed by atoms with Gasteiger partial charge in [0.05, 0.1) is 5.69 Å². The predicted octanol–water partition coefficient (Wildman–Crippen LogP) is 3.65. The maximum absolute atomic E-state index is 5.66. The lowest BCUT2D eigenvalue weighted by Crippen LogP contribution is -1.94.